The Morgan fingerprint density at radius 3 is 2.62 bits per heavy atom. The molecule has 0 bridgehead atoms. The van der Waals surface area contributed by atoms with Crippen LogP contribution in [-0.4, -0.2) is 30.9 Å². The molecule has 1 aromatic carbocycles. The van der Waals surface area contributed by atoms with E-state index in [4.69, 9.17) is 21.6 Å². The van der Waals surface area contributed by atoms with Gasteiger partial charge in [0.15, 0.2) is 6.61 Å². The summed E-state index contributed by atoms with van der Waals surface area (Å²) in [7, 11) is 0. The minimum Gasteiger partial charge on any atom is -0.452 e. The fraction of sp³-hybridized carbons (Fsp3) is 0.391. The van der Waals surface area contributed by atoms with Crippen LogP contribution in [0.25, 0.3) is 0 Å². The summed E-state index contributed by atoms with van der Waals surface area (Å²) in [6.07, 6.45) is 1.83. The highest BCUT2D eigenvalue weighted by Crippen LogP contribution is 2.36. The number of halogens is 1. The Labute approximate surface area is 195 Å². The monoisotopic (exact) mass is 473 g/mol. The van der Waals surface area contributed by atoms with Gasteiger partial charge in [0.05, 0.1) is 18.1 Å². The predicted octanol–water partition coefficient (Wildman–Crippen LogP) is 4.78. The molecule has 1 saturated carbocycles. The lowest BCUT2D eigenvalue weighted by Gasteiger charge is -2.22. The molecular weight excluding hydrogens is 450 g/mol. The predicted molar refractivity (Wildman–Crippen MR) is 124 cm³/mol. The van der Waals surface area contributed by atoms with Gasteiger partial charge in [-0.25, -0.2) is 4.79 Å². The third kappa shape index (κ3) is 5.47. The maximum atomic E-state index is 12.9. The summed E-state index contributed by atoms with van der Waals surface area (Å²) in [6.45, 7) is 5.13. The fourth-order valence-corrected chi connectivity index (χ4v) is 4.32. The van der Waals surface area contributed by atoms with E-state index in [0.717, 1.165) is 23.3 Å². The second-order valence-corrected chi connectivity index (χ2v) is 9.35. The van der Waals surface area contributed by atoms with E-state index in [1.54, 1.807) is 25.1 Å². The van der Waals surface area contributed by atoms with Crippen LogP contribution in [0, 0.1) is 38.0 Å². The molecular formula is C23H24ClN3O4S. The number of nitriles is 1. The van der Waals surface area contributed by atoms with Crippen LogP contribution >= 0.6 is 22.9 Å². The van der Waals surface area contributed by atoms with Gasteiger partial charge >= 0.3 is 5.97 Å². The smallest absolute Gasteiger partial charge is 0.341 e. The molecule has 1 N–H and O–H groups in total. The van der Waals surface area contributed by atoms with Gasteiger partial charge in [-0.3, -0.25) is 9.59 Å². The number of esters is 1. The Balaban J connectivity index is 1.73. The van der Waals surface area contributed by atoms with Gasteiger partial charge in [0.25, 0.3) is 5.91 Å². The first-order chi connectivity index (χ1) is 15.2. The zero-order chi connectivity index (χ0) is 23.4. The number of hydrogen-bond acceptors (Lipinski definition) is 6. The molecule has 1 aromatic heterocycles. The highest BCUT2D eigenvalue weighted by molar-refractivity contribution is 7.16. The number of anilines is 2. The van der Waals surface area contributed by atoms with E-state index < -0.39 is 18.5 Å². The van der Waals surface area contributed by atoms with Gasteiger partial charge in [-0.2, -0.15) is 5.26 Å². The third-order valence-electron chi connectivity index (χ3n) is 5.30. The molecule has 0 aliphatic heterocycles. The van der Waals surface area contributed by atoms with Crippen molar-refractivity contribution >= 4 is 51.4 Å². The Morgan fingerprint density at radius 2 is 2.00 bits per heavy atom. The van der Waals surface area contributed by atoms with Crippen LogP contribution in [0.4, 0.5) is 10.7 Å². The highest BCUT2D eigenvalue weighted by atomic mass is 35.5. The number of ether oxygens (including phenoxy) is 1. The molecule has 2 aromatic rings. The normalized spacial score (nSPS) is 12.7. The van der Waals surface area contributed by atoms with E-state index in [2.05, 4.69) is 5.32 Å². The molecule has 0 spiro atoms. The second-order valence-electron chi connectivity index (χ2n) is 7.71. The van der Waals surface area contributed by atoms with Crippen molar-refractivity contribution in [2.75, 3.05) is 23.4 Å². The molecule has 0 atom stereocenters. The lowest BCUT2D eigenvalue weighted by atomic mass is 10.1. The number of carbonyl (C=O) groups is 3. The van der Waals surface area contributed by atoms with Gasteiger partial charge in [0.2, 0.25) is 5.91 Å². The quantitative estimate of drug-likeness (QED) is 0.556. The zero-order valence-electron chi connectivity index (χ0n) is 18.2. The highest BCUT2D eigenvalue weighted by Gasteiger charge is 2.32. The molecule has 1 aliphatic carbocycles. The number of nitrogens with zero attached hydrogens (tertiary/aromatic N) is 2. The van der Waals surface area contributed by atoms with Crippen LogP contribution in [0.5, 0.6) is 0 Å². The van der Waals surface area contributed by atoms with Gasteiger partial charge in [-0.15, -0.1) is 11.3 Å². The summed E-state index contributed by atoms with van der Waals surface area (Å²) in [5, 5.41) is 12.8. The van der Waals surface area contributed by atoms with E-state index in [0.29, 0.717) is 21.3 Å². The summed E-state index contributed by atoms with van der Waals surface area (Å²) in [4.78, 5) is 40.2. The summed E-state index contributed by atoms with van der Waals surface area (Å²) >= 11 is 7.39. The first-order valence-electron chi connectivity index (χ1n) is 10.2. The molecule has 168 valence electrons. The molecule has 7 nitrogen and oxygen atoms in total. The number of aryl methyl sites for hydroxylation is 2. The van der Waals surface area contributed by atoms with E-state index in [1.807, 2.05) is 19.9 Å². The van der Waals surface area contributed by atoms with Crippen LogP contribution in [0.3, 0.4) is 0 Å². The second kappa shape index (κ2) is 10.2. The number of carbonyl (C=O) groups excluding carboxylic acids is 3. The molecule has 1 heterocycles. The van der Waals surface area contributed by atoms with Crippen molar-refractivity contribution in [2.24, 2.45) is 5.92 Å². The van der Waals surface area contributed by atoms with Crippen molar-refractivity contribution in [3.63, 3.8) is 0 Å². The van der Waals surface area contributed by atoms with Crippen molar-refractivity contribution in [1.82, 2.24) is 0 Å². The van der Waals surface area contributed by atoms with Gasteiger partial charge in [0.1, 0.15) is 5.00 Å². The van der Waals surface area contributed by atoms with Crippen molar-refractivity contribution in [1.29, 1.82) is 5.26 Å². The Bertz CT molecular complexity index is 1100. The first kappa shape index (κ1) is 23.8. The van der Waals surface area contributed by atoms with E-state index >= 15 is 0 Å². The van der Waals surface area contributed by atoms with Gasteiger partial charge in [-0.05, 0) is 62.9 Å². The Kier molecular flexibility index (Phi) is 7.54. The number of hydrogen-bond donors (Lipinski definition) is 1. The Hall–Kier alpha value is -2.89. The van der Waals surface area contributed by atoms with Crippen LogP contribution in [-0.2, 0) is 14.3 Å². The Morgan fingerprint density at radius 1 is 1.28 bits per heavy atom. The molecule has 0 radical (unpaired) electrons. The standard InChI is InChI=1S/C23H24ClN3O4S/c1-13-11-17(7-8-18(13)24)27(10-4-9-25)19(28)12-31-23(30)20-14(2)15(3)32-22(20)26-21(29)16-5-6-16/h7-8,11,16H,4-6,10,12H2,1-3H3,(H,26,29). The zero-order valence-corrected chi connectivity index (χ0v) is 19.7. The van der Waals surface area contributed by atoms with E-state index in [9.17, 15) is 14.4 Å². The largest absolute Gasteiger partial charge is 0.452 e. The SMILES string of the molecule is Cc1cc(N(CCC#N)C(=O)COC(=O)c2c(NC(=O)C3CC3)sc(C)c2C)ccc1Cl. The van der Waals surface area contributed by atoms with Crippen molar-refractivity contribution in [3.05, 3.63) is 44.8 Å². The van der Waals surface area contributed by atoms with Crippen molar-refractivity contribution < 1.29 is 19.1 Å². The molecule has 0 unspecified atom stereocenters. The minimum atomic E-state index is -0.668. The third-order valence-corrected chi connectivity index (χ3v) is 6.85. The summed E-state index contributed by atoms with van der Waals surface area (Å²) < 4.78 is 5.34. The molecule has 0 saturated heterocycles. The van der Waals surface area contributed by atoms with Crippen LogP contribution in [0.15, 0.2) is 18.2 Å². The summed E-state index contributed by atoms with van der Waals surface area (Å²) in [5.74, 6) is -1.22. The number of thiophene rings is 1. The number of rotatable bonds is 8. The fourth-order valence-electron chi connectivity index (χ4n) is 3.15. The molecule has 32 heavy (non-hydrogen) atoms. The van der Waals surface area contributed by atoms with E-state index in [1.165, 1.54) is 16.2 Å². The molecule has 9 heteroatoms. The average Bonchev–Trinajstić information content (AvgIpc) is 3.56. The summed E-state index contributed by atoms with van der Waals surface area (Å²) in [6, 6.07) is 7.13. The van der Waals surface area contributed by atoms with Crippen LogP contribution < -0.4 is 10.2 Å². The molecule has 1 fully saturated rings. The van der Waals surface area contributed by atoms with E-state index in [-0.39, 0.29) is 30.4 Å². The average molecular weight is 474 g/mol. The van der Waals surface area contributed by atoms with Crippen molar-refractivity contribution in [3.8, 4) is 6.07 Å². The minimum absolute atomic E-state index is 0.000291. The topological polar surface area (TPSA) is 99.5 Å². The first-order valence-corrected chi connectivity index (χ1v) is 11.4. The van der Waals surface area contributed by atoms with Gasteiger partial charge in [0, 0.05) is 28.0 Å². The van der Waals surface area contributed by atoms with Gasteiger partial charge in [-0.1, -0.05) is 11.6 Å². The lowest BCUT2D eigenvalue weighted by Crippen LogP contribution is -2.35. The maximum absolute atomic E-state index is 12.9. The molecule has 3 rings (SSSR count). The van der Waals surface area contributed by atoms with Crippen LogP contribution in [0.1, 0.15) is 45.6 Å². The lowest BCUT2D eigenvalue weighted by molar-refractivity contribution is -0.121. The van der Waals surface area contributed by atoms with Crippen LogP contribution in [0.2, 0.25) is 5.02 Å². The number of amides is 2. The molecule has 2 amide bonds. The van der Waals surface area contributed by atoms with Gasteiger partial charge < -0.3 is 15.0 Å². The van der Waals surface area contributed by atoms with Crippen molar-refractivity contribution in [2.45, 2.75) is 40.0 Å². The number of nitrogens with one attached hydrogen (secondary N) is 1. The summed E-state index contributed by atoms with van der Waals surface area (Å²) in [5.41, 5.74) is 2.35. The molecule has 1 aliphatic rings. The number of benzene rings is 1. The maximum Gasteiger partial charge on any atom is 0.341 e.